The third-order valence-electron chi connectivity index (χ3n) is 3.06. The minimum Gasteiger partial charge on any atom is -0.287 e. The summed E-state index contributed by atoms with van der Waals surface area (Å²) in [5.41, 5.74) is 2.42. The summed E-state index contributed by atoms with van der Waals surface area (Å²) in [6, 6.07) is 7.37. The van der Waals surface area contributed by atoms with Gasteiger partial charge in [0.2, 0.25) is 5.78 Å². The van der Waals surface area contributed by atoms with Crippen molar-refractivity contribution in [1.29, 1.82) is 0 Å². The Labute approximate surface area is 101 Å². The highest BCUT2D eigenvalue weighted by molar-refractivity contribution is 6.19. The first kappa shape index (κ1) is 9.41. The first-order valence-electron chi connectivity index (χ1n) is 5.50. The van der Waals surface area contributed by atoms with Gasteiger partial charge < -0.3 is 0 Å². The largest absolute Gasteiger partial charge is 0.287 e. The number of hydrogen-bond acceptors (Lipinski definition) is 5. The lowest BCUT2D eigenvalue weighted by Gasteiger charge is -1.98. The second-order valence-electron chi connectivity index (χ2n) is 4.14. The van der Waals surface area contributed by atoms with Crippen LogP contribution in [0.15, 0.2) is 24.3 Å². The van der Waals surface area contributed by atoms with Gasteiger partial charge in [-0.1, -0.05) is 24.3 Å². The highest BCUT2D eigenvalue weighted by Crippen LogP contribution is 2.33. The van der Waals surface area contributed by atoms with Crippen molar-refractivity contribution in [1.82, 2.24) is 24.8 Å². The van der Waals surface area contributed by atoms with Gasteiger partial charge in [-0.05, 0) is 6.92 Å². The van der Waals surface area contributed by atoms with Gasteiger partial charge in [-0.2, -0.15) is 9.61 Å². The molecule has 3 aromatic rings. The summed E-state index contributed by atoms with van der Waals surface area (Å²) >= 11 is 0. The van der Waals surface area contributed by atoms with E-state index in [1.165, 1.54) is 4.52 Å². The zero-order valence-electron chi connectivity index (χ0n) is 9.45. The molecule has 1 aliphatic rings. The Kier molecular flexibility index (Phi) is 1.56. The van der Waals surface area contributed by atoms with E-state index in [9.17, 15) is 4.79 Å². The molecule has 0 N–H and O–H groups in total. The van der Waals surface area contributed by atoms with Crippen LogP contribution in [0.1, 0.15) is 21.9 Å². The Morgan fingerprint density at radius 2 is 1.83 bits per heavy atom. The third-order valence-corrected chi connectivity index (χ3v) is 3.06. The highest BCUT2D eigenvalue weighted by atomic mass is 16.1. The van der Waals surface area contributed by atoms with E-state index >= 15 is 0 Å². The van der Waals surface area contributed by atoms with E-state index in [1.807, 2.05) is 18.2 Å². The van der Waals surface area contributed by atoms with Gasteiger partial charge in [-0.15, -0.1) is 10.2 Å². The van der Waals surface area contributed by atoms with Gasteiger partial charge >= 0.3 is 0 Å². The molecule has 1 aromatic carbocycles. The van der Waals surface area contributed by atoms with Crippen LogP contribution in [0.4, 0.5) is 0 Å². The number of carbonyl (C=O) groups is 1. The van der Waals surface area contributed by atoms with Gasteiger partial charge in [0.05, 0.1) is 0 Å². The molecule has 0 aliphatic heterocycles. The maximum absolute atomic E-state index is 12.2. The number of nitrogens with zero attached hydrogens (tertiary/aromatic N) is 5. The van der Waals surface area contributed by atoms with Crippen LogP contribution in [0.5, 0.6) is 0 Å². The molecule has 0 fully saturated rings. The lowest BCUT2D eigenvalue weighted by atomic mass is 10.1. The number of ketones is 1. The molecule has 2 aromatic heterocycles. The molecular formula is C12H7N5O. The number of fused-ring (bicyclic) bond motifs is 4. The topological polar surface area (TPSA) is 73.0 Å². The third kappa shape index (κ3) is 0.994. The van der Waals surface area contributed by atoms with Crippen molar-refractivity contribution in [2.24, 2.45) is 0 Å². The molecule has 0 unspecified atom stereocenters. The van der Waals surface area contributed by atoms with Gasteiger partial charge in [0.1, 0.15) is 5.69 Å². The van der Waals surface area contributed by atoms with Crippen molar-refractivity contribution < 1.29 is 4.79 Å². The fourth-order valence-corrected chi connectivity index (χ4v) is 2.19. The number of rotatable bonds is 0. The van der Waals surface area contributed by atoms with Crippen LogP contribution >= 0.6 is 0 Å². The van der Waals surface area contributed by atoms with Crippen molar-refractivity contribution in [3.63, 3.8) is 0 Å². The average Bonchev–Trinajstić information content (AvgIpc) is 2.90. The van der Waals surface area contributed by atoms with E-state index in [0.29, 0.717) is 28.6 Å². The molecule has 18 heavy (non-hydrogen) atoms. The van der Waals surface area contributed by atoms with Crippen molar-refractivity contribution in [2.45, 2.75) is 6.92 Å². The Morgan fingerprint density at radius 1 is 1.06 bits per heavy atom. The van der Waals surface area contributed by atoms with Gasteiger partial charge in [0, 0.05) is 11.1 Å². The highest BCUT2D eigenvalue weighted by Gasteiger charge is 2.30. The summed E-state index contributed by atoms with van der Waals surface area (Å²) in [5, 5.41) is 12.1. The van der Waals surface area contributed by atoms with Crippen LogP contribution in [0.3, 0.4) is 0 Å². The summed E-state index contributed by atoms with van der Waals surface area (Å²) in [6.45, 7) is 1.77. The lowest BCUT2D eigenvalue weighted by molar-refractivity contribution is 0.103. The van der Waals surface area contributed by atoms with Crippen molar-refractivity contribution in [3.05, 3.63) is 41.3 Å². The summed E-state index contributed by atoms with van der Waals surface area (Å²) in [6.07, 6.45) is 0. The molecule has 0 saturated heterocycles. The fraction of sp³-hybridized carbons (Fsp3) is 0.0833. The predicted octanol–water partition coefficient (Wildman–Crippen LogP) is 1.04. The molecule has 0 atom stereocenters. The molecular weight excluding hydrogens is 230 g/mol. The number of benzene rings is 1. The summed E-state index contributed by atoms with van der Waals surface area (Å²) in [5.74, 6) is 0.933. The van der Waals surface area contributed by atoms with Crippen molar-refractivity contribution >= 4 is 11.6 Å². The minimum atomic E-state index is -0.0944. The van der Waals surface area contributed by atoms with Crippen LogP contribution in [-0.2, 0) is 0 Å². The van der Waals surface area contributed by atoms with Crippen molar-refractivity contribution in [2.75, 3.05) is 0 Å². The Hall–Kier alpha value is -2.63. The molecule has 0 spiro atoms. The van der Waals surface area contributed by atoms with Gasteiger partial charge in [-0.25, -0.2) is 4.98 Å². The van der Waals surface area contributed by atoms with Gasteiger partial charge in [0.15, 0.2) is 11.5 Å². The number of aromatic nitrogens is 5. The molecule has 0 saturated carbocycles. The first-order chi connectivity index (χ1) is 8.75. The molecule has 0 radical (unpaired) electrons. The standard InChI is InChI=1S/C12H7N5O/c1-6-14-15-12-13-9-7-4-2-3-5-8(7)11(18)10(9)16-17(6)12/h2-5H,1H3. The SMILES string of the molecule is Cc1nnc2nc3c(nn12)C(=O)c1ccccc1-3. The second kappa shape index (κ2) is 2.98. The molecule has 86 valence electrons. The number of aryl methyl sites for hydroxylation is 1. The summed E-state index contributed by atoms with van der Waals surface area (Å²) < 4.78 is 1.49. The predicted molar refractivity (Wildman–Crippen MR) is 62.2 cm³/mol. The Balaban J connectivity index is 2.14. The van der Waals surface area contributed by atoms with Crippen LogP contribution in [-0.4, -0.2) is 30.6 Å². The smallest absolute Gasteiger partial charge is 0.272 e. The van der Waals surface area contributed by atoms with Crippen LogP contribution < -0.4 is 0 Å². The van der Waals surface area contributed by atoms with E-state index < -0.39 is 0 Å². The molecule has 6 nitrogen and oxygen atoms in total. The maximum Gasteiger partial charge on any atom is 0.272 e. The molecule has 6 heteroatoms. The lowest BCUT2D eigenvalue weighted by Crippen LogP contribution is -2.06. The summed E-state index contributed by atoms with van der Waals surface area (Å²) in [7, 11) is 0. The molecule has 0 bridgehead atoms. The molecule has 1 aliphatic carbocycles. The fourth-order valence-electron chi connectivity index (χ4n) is 2.19. The second-order valence-corrected chi connectivity index (χ2v) is 4.14. The van der Waals surface area contributed by atoms with E-state index in [0.717, 1.165) is 5.56 Å². The molecule has 0 amide bonds. The van der Waals surface area contributed by atoms with E-state index in [1.54, 1.807) is 13.0 Å². The number of carbonyl (C=O) groups excluding carboxylic acids is 1. The van der Waals surface area contributed by atoms with Crippen LogP contribution in [0.25, 0.3) is 17.0 Å². The van der Waals surface area contributed by atoms with E-state index in [2.05, 4.69) is 20.3 Å². The number of hydrogen-bond donors (Lipinski definition) is 0. The zero-order chi connectivity index (χ0) is 12.3. The molecule has 4 rings (SSSR count). The minimum absolute atomic E-state index is 0.0944. The van der Waals surface area contributed by atoms with Crippen molar-refractivity contribution in [3.8, 4) is 11.3 Å². The van der Waals surface area contributed by atoms with Crippen LogP contribution in [0, 0.1) is 6.92 Å². The molecule has 2 heterocycles. The summed E-state index contributed by atoms with van der Waals surface area (Å²) in [4.78, 5) is 16.6. The van der Waals surface area contributed by atoms with Gasteiger partial charge in [-0.3, -0.25) is 4.79 Å². The van der Waals surface area contributed by atoms with Crippen LogP contribution in [0.2, 0.25) is 0 Å². The Bertz CT molecular complexity index is 820. The first-order valence-corrected chi connectivity index (χ1v) is 5.50. The maximum atomic E-state index is 12.2. The average molecular weight is 237 g/mol. The van der Waals surface area contributed by atoms with E-state index in [4.69, 9.17) is 0 Å². The zero-order valence-corrected chi connectivity index (χ0v) is 9.45. The normalized spacial score (nSPS) is 12.8. The van der Waals surface area contributed by atoms with Gasteiger partial charge in [0.25, 0.3) is 5.78 Å². The quantitative estimate of drug-likeness (QED) is 0.457. The van der Waals surface area contributed by atoms with E-state index in [-0.39, 0.29) is 5.78 Å². The Morgan fingerprint density at radius 3 is 2.67 bits per heavy atom. The monoisotopic (exact) mass is 237 g/mol.